The monoisotopic (exact) mass is 398 g/mol. The molecule has 2 aliphatic rings. The minimum absolute atomic E-state index is 0.135. The van der Waals surface area contributed by atoms with Crippen LogP contribution in [0.2, 0.25) is 18.1 Å². The molecule has 5 nitrogen and oxygen atoms in total. The van der Waals surface area contributed by atoms with Crippen LogP contribution in [-0.2, 0) is 4.43 Å². The van der Waals surface area contributed by atoms with Crippen LogP contribution in [0.4, 0.5) is 20.2 Å². The summed E-state index contributed by atoms with van der Waals surface area (Å²) in [5, 5.41) is 10.9. The van der Waals surface area contributed by atoms with Crippen molar-refractivity contribution in [3.05, 3.63) is 33.9 Å². The van der Waals surface area contributed by atoms with Gasteiger partial charge >= 0.3 is 0 Å². The van der Waals surface area contributed by atoms with Crippen molar-refractivity contribution in [2.45, 2.75) is 45.3 Å². The molecule has 0 bridgehead atoms. The summed E-state index contributed by atoms with van der Waals surface area (Å²) in [6, 6.07) is 1.60. The Hall–Kier alpha value is -1.54. The van der Waals surface area contributed by atoms with Crippen LogP contribution in [0.3, 0.4) is 0 Å². The predicted molar refractivity (Wildman–Crippen MR) is 103 cm³/mol. The fraction of sp³-hybridized carbons (Fsp3) is 0.684. The summed E-state index contributed by atoms with van der Waals surface area (Å²) in [6.07, 6.45) is 0.987. The fourth-order valence-electron chi connectivity index (χ4n) is 3.89. The van der Waals surface area contributed by atoms with Gasteiger partial charge in [-0.15, -0.1) is 0 Å². The maximum Gasteiger partial charge on any atom is 0.275 e. The van der Waals surface area contributed by atoms with Gasteiger partial charge in [0.2, 0.25) is 0 Å². The van der Waals surface area contributed by atoms with Crippen LogP contribution in [-0.4, -0.2) is 32.9 Å². The van der Waals surface area contributed by atoms with E-state index in [0.29, 0.717) is 30.8 Å². The summed E-state index contributed by atoms with van der Waals surface area (Å²) in [7, 11) is -1.74. The molecule has 1 saturated carbocycles. The quantitative estimate of drug-likeness (QED) is 0.386. The van der Waals surface area contributed by atoms with E-state index in [1.165, 1.54) is 0 Å². The number of hydrogen-bond donors (Lipinski definition) is 0. The van der Waals surface area contributed by atoms with E-state index in [4.69, 9.17) is 4.43 Å². The molecule has 0 N–H and O–H groups in total. The Morgan fingerprint density at radius 3 is 2.19 bits per heavy atom. The molecule has 150 valence electrons. The third-order valence-corrected chi connectivity index (χ3v) is 11.2. The number of fused-ring (bicyclic) bond motifs is 1. The lowest BCUT2D eigenvalue weighted by molar-refractivity contribution is -0.385. The number of rotatable bonds is 6. The Balaban J connectivity index is 1.54. The van der Waals surface area contributed by atoms with Gasteiger partial charge in [-0.2, -0.15) is 0 Å². The smallest absolute Gasteiger partial charge is 0.275 e. The van der Waals surface area contributed by atoms with Crippen LogP contribution in [0.5, 0.6) is 0 Å². The van der Waals surface area contributed by atoms with Gasteiger partial charge in [-0.1, -0.05) is 20.8 Å². The average molecular weight is 399 g/mol. The van der Waals surface area contributed by atoms with Gasteiger partial charge in [-0.25, -0.2) is 8.78 Å². The topological polar surface area (TPSA) is 55.6 Å². The van der Waals surface area contributed by atoms with Crippen LogP contribution in [0, 0.1) is 39.5 Å². The van der Waals surface area contributed by atoms with Crippen molar-refractivity contribution in [2.75, 3.05) is 24.6 Å². The lowest BCUT2D eigenvalue weighted by Crippen LogP contribution is -2.41. The number of hydrogen-bond acceptors (Lipinski definition) is 4. The number of halogens is 2. The van der Waals surface area contributed by atoms with Crippen LogP contribution in [0.1, 0.15) is 27.2 Å². The molecule has 0 amide bonds. The molecule has 1 aliphatic carbocycles. The zero-order valence-electron chi connectivity index (χ0n) is 16.6. The Morgan fingerprint density at radius 2 is 1.74 bits per heavy atom. The number of nitro groups is 1. The number of benzene rings is 1. The second-order valence-electron chi connectivity index (χ2n) is 9.31. The lowest BCUT2D eigenvalue weighted by atomic mass is 10.1. The molecule has 2 fully saturated rings. The van der Waals surface area contributed by atoms with E-state index in [-0.39, 0.29) is 10.7 Å². The number of non-ortho nitro benzene ring substituents is 1. The Labute approximate surface area is 160 Å². The van der Waals surface area contributed by atoms with Crippen molar-refractivity contribution in [2.24, 2.45) is 17.8 Å². The first-order chi connectivity index (χ1) is 12.4. The van der Waals surface area contributed by atoms with Gasteiger partial charge < -0.3 is 9.33 Å². The van der Waals surface area contributed by atoms with Crippen molar-refractivity contribution < 1.29 is 18.1 Å². The fourth-order valence-corrected chi connectivity index (χ4v) is 4.95. The van der Waals surface area contributed by atoms with Gasteiger partial charge in [-0.3, -0.25) is 10.1 Å². The summed E-state index contributed by atoms with van der Waals surface area (Å²) in [5.41, 5.74) is -0.692. The third kappa shape index (κ3) is 3.87. The highest BCUT2D eigenvalue weighted by molar-refractivity contribution is 6.74. The molecule has 1 aromatic rings. The first-order valence-corrected chi connectivity index (χ1v) is 12.4. The molecule has 0 radical (unpaired) electrons. The molecule has 1 saturated heterocycles. The minimum atomic E-state index is -1.74. The highest BCUT2D eigenvalue weighted by Gasteiger charge is 2.55. The van der Waals surface area contributed by atoms with E-state index in [1.54, 1.807) is 4.90 Å². The molecule has 1 heterocycles. The Bertz CT molecular complexity index is 716. The number of nitrogens with zero attached hydrogens (tertiary/aromatic N) is 2. The van der Waals surface area contributed by atoms with E-state index in [9.17, 15) is 18.9 Å². The van der Waals surface area contributed by atoms with Crippen molar-refractivity contribution in [1.29, 1.82) is 0 Å². The molecule has 1 aromatic carbocycles. The molecule has 3 atom stereocenters. The molecule has 1 unspecified atom stereocenters. The van der Waals surface area contributed by atoms with E-state index in [0.717, 1.165) is 25.2 Å². The van der Waals surface area contributed by atoms with Gasteiger partial charge in [0.05, 0.1) is 17.1 Å². The summed E-state index contributed by atoms with van der Waals surface area (Å²) in [5.74, 6) is -0.305. The SMILES string of the molecule is CC(C)(C)[Si](C)(C)OCCC1[C@H]2CN(c3c(F)cc([N+](=O)[O-])cc3F)C[C@@H]12. The van der Waals surface area contributed by atoms with Crippen molar-refractivity contribution in [3.63, 3.8) is 0 Å². The first kappa shape index (κ1) is 20.2. The Kier molecular flexibility index (Phi) is 5.09. The van der Waals surface area contributed by atoms with Gasteiger partial charge in [-0.05, 0) is 42.3 Å². The van der Waals surface area contributed by atoms with Gasteiger partial charge in [0.15, 0.2) is 20.0 Å². The molecule has 0 aromatic heterocycles. The van der Waals surface area contributed by atoms with Crippen LogP contribution in [0.25, 0.3) is 0 Å². The Morgan fingerprint density at radius 1 is 1.22 bits per heavy atom. The molecule has 1 aliphatic heterocycles. The van der Waals surface area contributed by atoms with E-state index in [1.807, 2.05) is 0 Å². The zero-order chi connectivity index (χ0) is 20.1. The van der Waals surface area contributed by atoms with Crippen LogP contribution < -0.4 is 4.90 Å². The van der Waals surface area contributed by atoms with Crippen LogP contribution in [0.15, 0.2) is 12.1 Å². The molecule has 0 spiro atoms. The average Bonchev–Trinajstić information content (AvgIpc) is 2.98. The number of nitro benzene ring substituents is 1. The third-order valence-electron chi connectivity index (χ3n) is 6.62. The number of anilines is 1. The normalized spacial score (nSPS) is 24.9. The maximum atomic E-state index is 14.2. The van der Waals surface area contributed by atoms with Gasteiger partial charge in [0, 0.05) is 19.7 Å². The van der Waals surface area contributed by atoms with E-state index >= 15 is 0 Å². The van der Waals surface area contributed by atoms with Gasteiger partial charge in [0.1, 0.15) is 5.69 Å². The zero-order valence-corrected chi connectivity index (χ0v) is 17.6. The van der Waals surface area contributed by atoms with Gasteiger partial charge in [0.25, 0.3) is 5.69 Å². The highest BCUT2D eigenvalue weighted by Crippen LogP contribution is 2.55. The second kappa shape index (κ2) is 6.81. The summed E-state index contributed by atoms with van der Waals surface area (Å²) in [6.45, 7) is 13.1. The standard InChI is InChI=1S/C19H28F2N2O3Si/c1-19(2,3)27(4,5)26-7-6-13-14-10-22(11-15(13)14)18-16(20)8-12(23(24)25)9-17(18)21/h8-9,13-15H,6-7,10-11H2,1-5H3/t13?,14-,15+. The van der Waals surface area contributed by atoms with Crippen molar-refractivity contribution in [3.8, 4) is 0 Å². The molecular weight excluding hydrogens is 370 g/mol. The summed E-state index contributed by atoms with van der Waals surface area (Å²) < 4.78 is 34.6. The number of piperidine rings is 1. The lowest BCUT2D eigenvalue weighted by Gasteiger charge is -2.36. The molecule has 27 heavy (non-hydrogen) atoms. The second-order valence-corrected chi connectivity index (χ2v) is 14.1. The van der Waals surface area contributed by atoms with Crippen molar-refractivity contribution in [1.82, 2.24) is 0 Å². The summed E-state index contributed by atoms with van der Waals surface area (Å²) in [4.78, 5) is 11.6. The van der Waals surface area contributed by atoms with E-state index in [2.05, 4.69) is 33.9 Å². The maximum absolute atomic E-state index is 14.2. The largest absolute Gasteiger partial charge is 0.417 e. The molecule has 3 rings (SSSR count). The molecular formula is C19H28F2N2O3Si. The first-order valence-electron chi connectivity index (χ1n) is 9.45. The predicted octanol–water partition coefficient (Wildman–Crippen LogP) is 4.97. The highest BCUT2D eigenvalue weighted by atomic mass is 28.4. The summed E-state index contributed by atoms with van der Waals surface area (Å²) >= 11 is 0. The van der Waals surface area contributed by atoms with Crippen molar-refractivity contribution >= 4 is 19.7 Å². The minimum Gasteiger partial charge on any atom is -0.417 e. The molecule has 8 heteroatoms. The van der Waals surface area contributed by atoms with Crippen LogP contribution >= 0.6 is 0 Å². The van der Waals surface area contributed by atoms with E-state index < -0.39 is 30.6 Å².